The minimum atomic E-state index is -1.82. The number of rotatable bonds is 9. The highest BCUT2D eigenvalue weighted by atomic mass is 32.2. The number of carbonyl (C=O) groups is 2. The predicted octanol–water partition coefficient (Wildman–Crippen LogP) is 3.99. The standard InChI is InChI=1S/C19H22N6S4.C2H2O4/c1-25-9-5-7-15(13-25)17-19(24-29-22-17)27-11-3-2-10-26-18-16(21-28-23-18)14-6-4-8-20-12-14;3-1(4)2(5)6/h4,6-8,12H,2-3,5,9-11,13H2,1H3;(H,3,4)(H,5,6). The number of hydrogen-bond donors (Lipinski definition) is 2. The van der Waals surface area contributed by atoms with Gasteiger partial charge in [0, 0.05) is 31.0 Å². The van der Waals surface area contributed by atoms with E-state index in [2.05, 4.69) is 40.5 Å². The van der Waals surface area contributed by atoms with Gasteiger partial charge in [0.05, 0.1) is 23.5 Å². The lowest BCUT2D eigenvalue weighted by Crippen LogP contribution is -2.25. The third-order valence-corrected chi connectivity index (χ3v) is 8.09. The topological polar surface area (TPSA) is 142 Å². The van der Waals surface area contributed by atoms with Gasteiger partial charge in [-0.25, -0.2) is 9.59 Å². The lowest BCUT2D eigenvalue weighted by atomic mass is 10.1. The van der Waals surface area contributed by atoms with Gasteiger partial charge in [0.1, 0.15) is 21.4 Å². The van der Waals surface area contributed by atoms with Crippen LogP contribution in [0.2, 0.25) is 0 Å². The van der Waals surface area contributed by atoms with E-state index in [1.807, 2.05) is 30.1 Å². The number of hydrogen-bond acceptors (Lipinski definition) is 12. The Hall–Kier alpha value is -2.39. The first-order valence-electron chi connectivity index (χ1n) is 10.6. The van der Waals surface area contributed by atoms with Crippen LogP contribution in [0.25, 0.3) is 16.8 Å². The van der Waals surface area contributed by atoms with Gasteiger partial charge in [0.2, 0.25) is 0 Å². The second kappa shape index (κ2) is 14.2. The molecule has 35 heavy (non-hydrogen) atoms. The van der Waals surface area contributed by atoms with Crippen molar-refractivity contribution in [2.45, 2.75) is 29.3 Å². The van der Waals surface area contributed by atoms with Gasteiger partial charge < -0.3 is 15.1 Å². The van der Waals surface area contributed by atoms with E-state index in [0.29, 0.717) is 0 Å². The molecule has 0 fully saturated rings. The minimum absolute atomic E-state index is 0.950. The maximum atomic E-state index is 9.10. The number of unbranched alkanes of at least 4 members (excludes halogenated alkanes) is 1. The van der Waals surface area contributed by atoms with E-state index in [9.17, 15) is 0 Å². The van der Waals surface area contributed by atoms with Crippen molar-refractivity contribution in [1.29, 1.82) is 0 Å². The van der Waals surface area contributed by atoms with Gasteiger partial charge in [-0.3, -0.25) is 4.98 Å². The molecule has 3 aromatic rings. The summed E-state index contributed by atoms with van der Waals surface area (Å²) in [5.74, 6) is -1.55. The maximum absolute atomic E-state index is 9.10. The average molecular weight is 553 g/mol. The normalized spacial score (nSPS) is 13.6. The molecule has 0 spiro atoms. The molecule has 0 aromatic carbocycles. The fraction of sp³-hybridized carbons (Fsp3) is 0.381. The predicted molar refractivity (Wildman–Crippen MR) is 139 cm³/mol. The number of carboxylic acids is 2. The zero-order chi connectivity index (χ0) is 25.0. The maximum Gasteiger partial charge on any atom is 0.414 e. The highest BCUT2D eigenvalue weighted by molar-refractivity contribution is 7.99. The number of pyridine rings is 1. The first-order chi connectivity index (χ1) is 17.0. The van der Waals surface area contributed by atoms with Crippen molar-refractivity contribution in [3.63, 3.8) is 0 Å². The Morgan fingerprint density at radius 1 is 1.00 bits per heavy atom. The molecular weight excluding hydrogens is 529 g/mol. The number of aromatic nitrogens is 5. The molecule has 0 bridgehead atoms. The number of carboxylic acid groups (broad SMARTS) is 2. The average Bonchev–Trinajstić information content (AvgIpc) is 3.52. The van der Waals surface area contributed by atoms with Crippen molar-refractivity contribution >= 4 is 64.5 Å². The SMILES string of the molecule is CN1CCC=C(c2nsnc2SCCCCSc2nsnc2-c2cccnc2)C1.O=C(O)C(=O)O. The second-order valence-corrected chi connectivity index (χ2v) is 10.6. The van der Waals surface area contributed by atoms with E-state index in [4.69, 9.17) is 19.8 Å². The molecule has 0 aliphatic carbocycles. The molecule has 0 atom stereocenters. The van der Waals surface area contributed by atoms with Crippen LogP contribution in [0, 0.1) is 0 Å². The molecule has 0 unspecified atom stereocenters. The van der Waals surface area contributed by atoms with Crippen molar-refractivity contribution in [3.05, 3.63) is 36.3 Å². The van der Waals surface area contributed by atoms with Crippen molar-refractivity contribution in [1.82, 2.24) is 27.4 Å². The van der Waals surface area contributed by atoms with Crippen LogP contribution in [-0.2, 0) is 9.59 Å². The highest BCUT2D eigenvalue weighted by Gasteiger charge is 2.17. The summed E-state index contributed by atoms with van der Waals surface area (Å²) in [5.41, 5.74) is 4.40. The Bertz CT molecular complexity index is 1130. The molecule has 4 rings (SSSR count). The Kier molecular flexibility index (Phi) is 11.1. The molecule has 2 N–H and O–H groups in total. The molecule has 10 nitrogen and oxygen atoms in total. The molecule has 4 heterocycles. The van der Waals surface area contributed by atoms with Gasteiger partial charge in [-0.1, -0.05) is 6.08 Å². The van der Waals surface area contributed by atoms with Crippen LogP contribution in [0.4, 0.5) is 0 Å². The molecule has 0 saturated carbocycles. The van der Waals surface area contributed by atoms with Crippen molar-refractivity contribution in [2.24, 2.45) is 0 Å². The van der Waals surface area contributed by atoms with Gasteiger partial charge in [-0.15, -0.1) is 23.5 Å². The number of thioether (sulfide) groups is 2. The van der Waals surface area contributed by atoms with Gasteiger partial charge in [0.15, 0.2) is 0 Å². The molecule has 0 saturated heterocycles. The van der Waals surface area contributed by atoms with E-state index in [0.717, 1.165) is 70.9 Å². The van der Waals surface area contributed by atoms with E-state index >= 15 is 0 Å². The lowest BCUT2D eigenvalue weighted by molar-refractivity contribution is -0.159. The van der Waals surface area contributed by atoms with Gasteiger partial charge in [-0.05, 0) is 55.5 Å². The van der Waals surface area contributed by atoms with Gasteiger partial charge in [0.25, 0.3) is 0 Å². The fourth-order valence-electron chi connectivity index (χ4n) is 3.03. The first kappa shape index (κ1) is 27.2. The largest absolute Gasteiger partial charge is 0.473 e. The van der Waals surface area contributed by atoms with E-state index in [-0.39, 0.29) is 0 Å². The van der Waals surface area contributed by atoms with Crippen LogP contribution in [-0.4, -0.2) is 81.2 Å². The van der Waals surface area contributed by atoms with Crippen molar-refractivity contribution in [2.75, 3.05) is 31.6 Å². The Labute approximate surface area is 219 Å². The molecule has 3 aromatic heterocycles. The Morgan fingerprint density at radius 3 is 2.20 bits per heavy atom. The van der Waals surface area contributed by atoms with Crippen LogP contribution in [0.3, 0.4) is 0 Å². The van der Waals surface area contributed by atoms with E-state index in [1.165, 1.54) is 29.0 Å². The number of aliphatic carboxylic acids is 2. The summed E-state index contributed by atoms with van der Waals surface area (Å²) in [4.78, 5) is 24.7. The quantitative estimate of drug-likeness (QED) is 0.225. The van der Waals surface area contributed by atoms with Crippen molar-refractivity contribution in [3.8, 4) is 11.3 Å². The van der Waals surface area contributed by atoms with Crippen LogP contribution < -0.4 is 0 Å². The fourth-order valence-corrected chi connectivity index (χ4v) is 6.43. The zero-order valence-corrected chi connectivity index (χ0v) is 22.1. The molecule has 1 aliphatic heterocycles. The molecule has 0 amide bonds. The van der Waals surface area contributed by atoms with Crippen molar-refractivity contribution < 1.29 is 19.8 Å². The van der Waals surface area contributed by atoms with Crippen LogP contribution in [0.15, 0.2) is 40.7 Å². The molecule has 1 aliphatic rings. The van der Waals surface area contributed by atoms with Crippen LogP contribution in [0.1, 0.15) is 25.0 Å². The van der Waals surface area contributed by atoms with E-state index < -0.39 is 11.9 Å². The minimum Gasteiger partial charge on any atom is -0.473 e. The highest BCUT2D eigenvalue weighted by Crippen LogP contribution is 2.31. The summed E-state index contributed by atoms with van der Waals surface area (Å²) in [7, 11) is 2.16. The monoisotopic (exact) mass is 552 g/mol. The Morgan fingerprint density at radius 2 is 1.63 bits per heavy atom. The zero-order valence-electron chi connectivity index (χ0n) is 18.9. The summed E-state index contributed by atoms with van der Waals surface area (Å²) in [6.07, 6.45) is 9.32. The summed E-state index contributed by atoms with van der Waals surface area (Å²) in [5, 5.41) is 16.9. The first-order valence-corrected chi connectivity index (χ1v) is 14.0. The lowest BCUT2D eigenvalue weighted by Gasteiger charge is -2.22. The summed E-state index contributed by atoms with van der Waals surface area (Å²) < 4.78 is 18.0. The molecule has 186 valence electrons. The third kappa shape index (κ3) is 8.65. The van der Waals surface area contributed by atoms with Gasteiger partial charge >= 0.3 is 11.9 Å². The smallest absolute Gasteiger partial charge is 0.414 e. The number of likely N-dealkylation sites (N-methyl/N-ethyl adjacent to an activating group) is 1. The van der Waals surface area contributed by atoms with Crippen LogP contribution >= 0.6 is 47.0 Å². The summed E-state index contributed by atoms with van der Waals surface area (Å²) in [6.45, 7) is 2.09. The number of nitrogens with zero attached hydrogens (tertiary/aromatic N) is 6. The summed E-state index contributed by atoms with van der Waals surface area (Å²) in [6, 6.07) is 3.97. The van der Waals surface area contributed by atoms with E-state index in [1.54, 1.807) is 18.0 Å². The Balaban J connectivity index is 0.000000509. The molecule has 0 radical (unpaired) electrons. The third-order valence-electron chi connectivity index (χ3n) is 4.70. The molecular formula is C21H24N6O4S4. The molecule has 14 heteroatoms. The van der Waals surface area contributed by atoms with Crippen LogP contribution in [0.5, 0.6) is 0 Å². The second-order valence-electron chi connectivity index (χ2n) is 7.35. The van der Waals surface area contributed by atoms with Gasteiger partial charge in [-0.2, -0.15) is 17.5 Å². The summed E-state index contributed by atoms with van der Waals surface area (Å²) >= 11 is 6.20.